The van der Waals surface area contributed by atoms with Crippen molar-refractivity contribution < 1.29 is 23.9 Å². The number of ether oxygens (including phenoxy) is 1. The fourth-order valence-electron chi connectivity index (χ4n) is 4.77. The van der Waals surface area contributed by atoms with Gasteiger partial charge in [-0.1, -0.05) is 61.9 Å². The van der Waals surface area contributed by atoms with E-state index in [-0.39, 0.29) is 19.4 Å². The van der Waals surface area contributed by atoms with Gasteiger partial charge in [-0.3, -0.25) is 14.4 Å². The van der Waals surface area contributed by atoms with Crippen LogP contribution in [0.1, 0.15) is 76.1 Å². The lowest BCUT2D eigenvalue weighted by atomic mass is 9.97. The number of aryl methyl sites for hydroxylation is 2. The van der Waals surface area contributed by atoms with E-state index in [1.807, 2.05) is 81.4 Å². The minimum atomic E-state index is -1.14. The number of hydrogen-bond donors (Lipinski definition) is 3. The van der Waals surface area contributed by atoms with Gasteiger partial charge in [0.2, 0.25) is 11.8 Å². The molecule has 0 saturated heterocycles. The Morgan fingerprint density at radius 3 is 2.26 bits per heavy atom. The van der Waals surface area contributed by atoms with Crippen molar-refractivity contribution >= 4 is 40.3 Å². The van der Waals surface area contributed by atoms with E-state index in [0.717, 1.165) is 28.3 Å². The van der Waals surface area contributed by atoms with E-state index in [1.165, 1.54) is 4.90 Å². The molecule has 0 aliphatic rings. The third-order valence-electron chi connectivity index (χ3n) is 7.13. The first-order valence-corrected chi connectivity index (χ1v) is 14.7. The summed E-state index contributed by atoms with van der Waals surface area (Å²) in [4.78, 5) is 54.4. The number of nitrogens with two attached hydrogens (primary N) is 1. The highest BCUT2D eigenvalue weighted by molar-refractivity contribution is 6.00. The number of anilines is 1. The molecule has 0 aliphatic heterocycles. The van der Waals surface area contributed by atoms with Crippen LogP contribution in [0, 0.1) is 13.8 Å². The quantitative estimate of drug-likeness (QED) is 0.242. The van der Waals surface area contributed by atoms with Crippen molar-refractivity contribution in [1.29, 1.82) is 0 Å². The van der Waals surface area contributed by atoms with Crippen LogP contribution in [0.4, 0.5) is 10.5 Å². The second kappa shape index (κ2) is 14.7. The van der Waals surface area contributed by atoms with Gasteiger partial charge in [0.1, 0.15) is 17.7 Å². The van der Waals surface area contributed by atoms with Crippen molar-refractivity contribution in [3.8, 4) is 0 Å². The zero-order valence-corrected chi connectivity index (χ0v) is 26.0. The second-order valence-corrected chi connectivity index (χ2v) is 11.9. The lowest BCUT2D eigenvalue weighted by Gasteiger charge is -2.34. The molecule has 4 N–H and O–H groups in total. The molecular weight excluding hydrogens is 544 g/mol. The zero-order valence-electron chi connectivity index (χ0n) is 26.0. The highest BCUT2D eigenvalue weighted by atomic mass is 16.6. The van der Waals surface area contributed by atoms with E-state index in [0.29, 0.717) is 17.7 Å². The average Bonchev–Trinajstić information content (AvgIpc) is 2.93. The molecule has 3 aromatic carbocycles. The van der Waals surface area contributed by atoms with Crippen LogP contribution >= 0.6 is 0 Å². The van der Waals surface area contributed by atoms with Crippen molar-refractivity contribution in [2.24, 2.45) is 5.73 Å². The summed E-state index contributed by atoms with van der Waals surface area (Å²) in [7, 11) is 0. The molecule has 0 aliphatic carbocycles. The van der Waals surface area contributed by atoms with Gasteiger partial charge in [0.25, 0.3) is 5.91 Å². The largest absolute Gasteiger partial charge is 0.444 e. The highest BCUT2D eigenvalue weighted by Gasteiger charge is 2.36. The normalized spacial score (nSPS) is 12.7. The topological polar surface area (TPSA) is 131 Å². The molecule has 2 unspecified atom stereocenters. The molecule has 43 heavy (non-hydrogen) atoms. The van der Waals surface area contributed by atoms with Gasteiger partial charge in [-0.15, -0.1) is 0 Å². The third kappa shape index (κ3) is 9.56. The molecule has 0 bridgehead atoms. The molecule has 9 heteroatoms. The Bertz CT molecular complexity index is 1460. The number of hydrogen-bond acceptors (Lipinski definition) is 5. The molecule has 0 radical (unpaired) electrons. The van der Waals surface area contributed by atoms with Crippen molar-refractivity contribution in [2.45, 2.75) is 84.9 Å². The van der Waals surface area contributed by atoms with E-state index >= 15 is 0 Å². The maximum atomic E-state index is 14.3. The summed E-state index contributed by atoms with van der Waals surface area (Å²) in [6, 6.07) is 17.0. The maximum Gasteiger partial charge on any atom is 0.408 e. The number of benzene rings is 3. The predicted molar refractivity (Wildman–Crippen MR) is 169 cm³/mol. The standard InChI is InChI=1S/C34H44N4O5/c1-7-8-19-38(32(41)28(17-18-29(35)39)37-33(42)43-34(4,5)6)30(26-14-13-22(2)23(3)20-26)31(40)36-27-16-15-24-11-9-10-12-25(24)21-27/h9-16,20-21,28,30H,7-8,17-19H2,1-6H3,(H2,35,39)(H,36,40)(H,37,42). The van der Waals surface area contributed by atoms with Gasteiger partial charge in [-0.2, -0.15) is 0 Å². The first-order chi connectivity index (χ1) is 20.3. The number of unbranched alkanes of at least 4 members (excludes halogenated alkanes) is 1. The number of fused-ring (bicyclic) bond motifs is 1. The molecule has 0 spiro atoms. The average molecular weight is 589 g/mol. The Morgan fingerprint density at radius 1 is 0.930 bits per heavy atom. The molecule has 3 rings (SSSR count). The fraction of sp³-hybridized carbons (Fsp3) is 0.412. The zero-order chi connectivity index (χ0) is 31.7. The Kier molecular flexibility index (Phi) is 11.3. The van der Waals surface area contributed by atoms with Crippen LogP contribution < -0.4 is 16.4 Å². The molecule has 4 amide bonds. The molecule has 3 aromatic rings. The Morgan fingerprint density at radius 2 is 1.63 bits per heavy atom. The van der Waals surface area contributed by atoms with Crippen molar-refractivity contribution in [3.63, 3.8) is 0 Å². The van der Waals surface area contributed by atoms with Crippen molar-refractivity contribution in [2.75, 3.05) is 11.9 Å². The second-order valence-electron chi connectivity index (χ2n) is 11.9. The SMILES string of the molecule is CCCCN(C(=O)C(CCC(N)=O)NC(=O)OC(C)(C)C)C(C(=O)Nc1ccc2ccccc2c1)c1ccc(C)c(C)c1. The molecule has 0 aromatic heterocycles. The Labute approximate surface area is 254 Å². The molecular formula is C34H44N4O5. The predicted octanol–water partition coefficient (Wildman–Crippen LogP) is 5.92. The monoisotopic (exact) mass is 588 g/mol. The van der Waals surface area contributed by atoms with Gasteiger partial charge < -0.3 is 26.0 Å². The van der Waals surface area contributed by atoms with E-state index in [1.54, 1.807) is 20.8 Å². The number of carbonyl (C=O) groups is 4. The van der Waals surface area contributed by atoms with E-state index in [9.17, 15) is 19.2 Å². The number of primary amides is 1. The van der Waals surface area contributed by atoms with Crippen molar-refractivity contribution in [1.82, 2.24) is 10.2 Å². The first kappa shape index (κ1) is 33.1. The Hall–Kier alpha value is -4.40. The number of nitrogens with zero attached hydrogens (tertiary/aromatic N) is 1. The van der Waals surface area contributed by atoms with Crippen LogP contribution in [0.15, 0.2) is 60.7 Å². The van der Waals surface area contributed by atoms with E-state index < -0.39 is 41.5 Å². The molecule has 0 heterocycles. The molecule has 230 valence electrons. The van der Waals surface area contributed by atoms with E-state index in [4.69, 9.17) is 10.5 Å². The smallest absolute Gasteiger partial charge is 0.408 e. The summed E-state index contributed by atoms with van der Waals surface area (Å²) >= 11 is 0. The minimum Gasteiger partial charge on any atom is -0.444 e. The van der Waals surface area contributed by atoms with Gasteiger partial charge in [0.05, 0.1) is 0 Å². The van der Waals surface area contributed by atoms with Gasteiger partial charge in [0, 0.05) is 18.7 Å². The summed E-state index contributed by atoms with van der Waals surface area (Å²) in [5, 5.41) is 7.66. The molecule has 9 nitrogen and oxygen atoms in total. The van der Waals surface area contributed by atoms with Crippen LogP contribution in [0.5, 0.6) is 0 Å². The number of rotatable bonds is 12. The van der Waals surface area contributed by atoms with Gasteiger partial charge in [0.15, 0.2) is 0 Å². The highest BCUT2D eigenvalue weighted by Crippen LogP contribution is 2.28. The summed E-state index contributed by atoms with van der Waals surface area (Å²) in [6.45, 7) is 11.3. The number of nitrogens with one attached hydrogen (secondary N) is 2. The molecule has 2 atom stereocenters. The van der Waals surface area contributed by atoms with Crippen LogP contribution in [0.3, 0.4) is 0 Å². The Balaban J connectivity index is 2.05. The maximum absolute atomic E-state index is 14.3. The van der Waals surface area contributed by atoms with Gasteiger partial charge >= 0.3 is 6.09 Å². The number of amides is 4. The lowest BCUT2D eigenvalue weighted by molar-refractivity contribution is -0.141. The van der Waals surface area contributed by atoms with Crippen LogP contribution in [0.2, 0.25) is 0 Å². The van der Waals surface area contributed by atoms with Crippen LogP contribution in [-0.4, -0.2) is 46.9 Å². The van der Waals surface area contributed by atoms with E-state index in [2.05, 4.69) is 10.6 Å². The van der Waals surface area contributed by atoms with Crippen LogP contribution in [0.25, 0.3) is 10.8 Å². The molecule has 0 fully saturated rings. The summed E-state index contributed by atoms with van der Waals surface area (Å²) in [5.74, 6) is -1.50. The molecule has 0 saturated carbocycles. The first-order valence-electron chi connectivity index (χ1n) is 14.7. The summed E-state index contributed by atoms with van der Waals surface area (Å²) in [6.07, 6.45) is 0.411. The fourth-order valence-corrected chi connectivity index (χ4v) is 4.77. The number of carbonyl (C=O) groups excluding carboxylic acids is 4. The van der Waals surface area contributed by atoms with Gasteiger partial charge in [-0.05, 0) is 87.1 Å². The summed E-state index contributed by atoms with van der Waals surface area (Å²) < 4.78 is 5.41. The summed E-state index contributed by atoms with van der Waals surface area (Å²) in [5.41, 5.74) is 7.87. The number of alkyl carbamates (subject to hydrolysis) is 1. The third-order valence-corrected chi connectivity index (χ3v) is 7.13. The van der Waals surface area contributed by atoms with Gasteiger partial charge in [-0.25, -0.2) is 4.79 Å². The van der Waals surface area contributed by atoms with Crippen LogP contribution in [-0.2, 0) is 19.1 Å². The lowest BCUT2D eigenvalue weighted by Crippen LogP contribution is -2.52. The van der Waals surface area contributed by atoms with Crippen molar-refractivity contribution in [3.05, 3.63) is 77.4 Å². The minimum absolute atomic E-state index is 0.0397.